The predicted octanol–water partition coefficient (Wildman–Crippen LogP) is 2.46. The van der Waals surface area contributed by atoms with E-state index < -0.39 is 0 Å². The molecule has 4 heteroatoms. The van der Waals surface area contributed by atoms with E-state index in [4.69, 9.17) is 4.74 Å². The minimum atomic E-state index is 0.193. The molecule has 4 nitrogen and oxygen atoms in total. The zero-order valence-corrected chi connectivity index (χ0v) is 11.8. The molecular weight excluding hydrogens is 226 g/mol. The molecule has 18 heavy (non-hydrogen) atoms. The van der Waals surface area contributed by atoms with Gasteiger partial charge in [0.2, 0.25) is 0 Å². The van der Waals surface area contributed by atoms with Crippen molar-refractivity contribution in [2.45, 2.75) is 52.3 Å². The molecule has 0 aromatic carbocycles. The lowest BCUT2D eigenvalue weighted by Crippen LogP contribution is -2.43. The average molecular weight is 251 g/mol. The Labute approximate surface area is 110 Å². The molecule has 1 saturated heterocycles. The number of rotatable bonds is 5. The summed E-state index contributed by atoms with van der Waals surface area (Å²) in [5.41, 5.74) is 1.21. The fraction of sp³-hybridized carbons (Fsp3) is 0.786. The summed E-state index contributed by atoms with van der Waals surface area (Å²) >= 11 is 0. The van der Waals surface area contributed by atoms with Crippen molar-refractivity contribution < 1.29 is 4.74 Å². The molecule has 102 valence electrons. The van der Waals surface area contributed by atoms with Crippen LogP contribution in [-0.2, 0) is 11.3 Å². The van der Waals surface area contributed by atoms with Gasteiger partial charge < -0.3 is 4.74 Å². The first kappa shape index (κ1) is 13.6. The van der Waals surface area contributed by atoms with Gasteiger partial charge in [0.1, 0.15) is 0 Å². The van der Waals surface area contributed by atoms with E-state index in [0.717, 1.165) is 26.2 Å². The van der Waals surface area contributed by atoms with Crippen LogP contribution in [-0.4, -0.2) is 40.4 Å². The molecule has 0 radical (unpaired) electrons. The highest BCUT2D eigenvalue weighted by atomic mass is 16.5. The van der Waals surface area contributed by atoms with Crippen LogP contribution < -0.4 is 0 Å². The number of morpholine rings is 1. The van der Waals surface area contributed by atoms with Crippen molar-refractivity contribution in [3.05, 3.63) is 18.0 Å². The van der Waals surface area contributed by atoms with Gasteiger partial charge >= 0.3 is 0 Å². The van der Waals surface area contributed by atoms with Crippen LogP contribution in [0.5, 0.6) is 0 Å². The van der Waals surface area contributed by atoms with Crippen LogP contribution in [0.15, 0.2) is 12.4 Å². The maximum absolute atomic E-state index is 5.89. The van der Waals surface area contributed by atoms with Gasteiger partial charge in [0, 0.05) is 37.4 Å². The van der Waals surface area contributed by atoms with E-state index >= 15 is 0 Å². The van der Waals surface area contributed by atoms with Crippen molar-refractivity contribution in [3.8, 4) is 0 Å². The first-order chi connectivity index (χ1) is 8.74. The lowest BCUT2D eigenvalue weighted by atomic mass is 10.1. The van der Waals surface area contributed by atoms with E-state index in [-0.39, 0.29) is 6.10 Å². The van der Waals surface area contributed by atoms with Gasteiger partial charge in [-0.3, -0.25) is 9.58 Å². The van der Waals surface area contributed by atoms with Crippen molar-refractivity contribution in [1.29, 1.82) is 0 Å². The normalized spacial score (nSPS) is 23.2. The van der Waals surface area contributed by atoms with Crippen LogP contribution >= 0.6 is 0 Å². The van der Waals surface area contributed by atoms with Gasteiger partial charge in [0.15, 0.2) is 0 Å². The Balaban J connectivity index is 1.97. The molecule has 1 aromatic rings. The summed E-state index contributed by atoms with van der Waals surface area (Å²) < 4.78 is 7.85. The smallest absolute Gasteiger partial charge is 0.0982 e. The summed E-state index contributed by atoms with van der Waals surface area (Å²) in [5.74, 6) is 0. The largest absolute Gasteiger partial charge is 0.371 e. The van der Waals surface area contributed by atoms with Gasteiger partial charge in [0.05, 0.1) is 18.9 Å². The second-order valence-electron chi connectivity index (χ2n) is 5.12. The molecule has 0 spiro atoms. The van der Waals surface area contributed by atoms with Crippen LogP contribution in [0, 0.1) is 0 Å². The SMILES string of the molecule is CCC[C@@H](C)N1CCO[C@@H](c2cnn(CC)c2)C1. The Morgan fingerprint density at radius 2 is 2.33 bits per heavy atom. The van der Waals surface area contributed by atoms with Gasteiger partial charge in [-0.05, 0) is 20.3 Å². The maximum atomic E-state index is 5.89. The summed E-state index contributed by atoms with van der Waals surface area (Å²) in [6.07, 6.45) is 6.76. The quantitative estimate of drug-likeness (QED) is 0.805. The number of hydrogen-bond acceptors (Lipinski definition) is 3. The van der Waals surface area contributed by atoms with Crippen molar-refractivity contribution in [1.82, 2.24) is 14.7 Å². The molecule has 0 bridgehead atoms. The summed E-state index contributed by atoms with van der Waals surface area (Å²) in [5, 5.41) is 4.33. The van der Waals surface area contributed by atoms with Crippen molar-refractivity contribution in [3.63, 3.8) is 0 Å². The van der Waals surface area contributed by atoms with Gasteiger partial charge in [0.25, 0.3) is 0 Å². The highest BCUT2D eigenvalue weighted by Crippen LogP contribution is 2.23. The van der Waals surface area contributed by atoms with Crippen molar-refractivity contribution in [2.75, 3.05) is 19.7 Å². The third kappa shape index (κ3) is 3.12. The molecule has 2 rings (SSSR count). The number of nitrogens with zero attached hydrogens (tertiary/aromatic N) is 3. The second kappa shape index (κ2) is 6.34. The number of aryl methyl sites for hydroxylation is 1. The molecule has 1 fully saturated rings. The topological polar surface area (TPSA) is 30.3 Å². The maximum Gasteiger partial charge on any atom is 0.0982 e. The Morgan fingerprint density at radius 3 is 3.00 bits per heavy atom. The summed E-state index contributed by atoms with van der Waals surface area (Å²) in [7, 11) is 0. The van der Waals surface area contributed by atoms with Crippen molar-refractivity contribution in [2.24, 2.45) is 0 Å². The lowest BCUT2D eigenvalue weighted by Gasteiger charge is -2.36. The zero-order chi connectivity index (χ0) is 13.0. The molecule has 1 aliphatic rings. The molecular formula is C14H25N3O. The first-order valence-electron chi connectivity index (χ1n) is 7.12. The van der Waals surface area contributed by atoms with E-state index in [2.05, 4.69) is 37.0 Å². The average Bonchev–Trinajstić information content (AvgIpc) is 2.88. The van der Waals surface area contributed by atoms with Gasteiger partial charge in [-0.1, -0.05) is 13.3 Å². The second-order valence-corrected chi connectivity index (χ2v) is 5.12. The lowest BCUT2D eigenvalue weighted by molar-refractivity contribution is -0.0436. The van der Waals surface area contributed by atoms with Crippen LogP contribution in [0.4, 0.5) is 0 Å². The van der Waals surface area contributed by atoms with E-state index in [9.17, 15) is 0 Å². The zero-order valence-electron chi connectivity index (χ0n) is 11.8. The molecule has 0 saturated carbocycles. The van der Waals surface area contributed by atoms with Crippen LogP contribution in [0.2, 0.25) is 0 Å². The molecule has 0 aliphatic carbocycles. The molecule has 1 aliphatic heterocycles. The number of aromatic nitrogens is 2. The molecule has 0 unspecified atom stereocenters. The minimum absolute atomic E-state index is 0.193. The third-order valence-electron chi connectivity index (χ3n) is 3.78. The van der Waals surface area contributed by atoms with Crippen molar-refractivity contribution >= 4 is 0 Å². The highest BCUT2D eigenvalue weighted by molar-refractivity contribution is 5.09. The van der Waals surface area contributed by atoms with Crippen LogP contribution in [0.3, 0.4) is 0 Å². The van der Waals surface area contributed by atoms with Crippen LogP contribution in [0.1, 0.15) is 45.3 Å². The van der Waals surface area contributed by atoms with E-state index in [1.807, 2.05) is 10.9 Å². The molecule has 0 amide bonds. The standard InChI is InChI=1S/C14H25N3O/c1-4-6-12(3)16-7-8-18-14(11-16)13-9-15-17(5-2)10-13/h9-10,12,14H,4-8,11H2,1-3H3/t12-,14-/m1/s1. The Morgan fingerprint density at radius 1 is 1.50 bits per heavy atom. The summed E-state index contributed by atoms with van der Waals surface area (Å²) in [4.78, 5) is 2.54. The highest BCUT2D eigenvalue weighted by Gasteiger charge is 2.25. The fourth-order valence-corrected chi connectivity index (χ4v) is 2.59. The van der Waals surface area contributed by atoms with E-state index in [1.165, 1.54) is 18.4 Å². The molecule has 1 aromatic heterocycles. The van der Waals surface area contributed by atoms with E-state index in [1.54, 1.807) is 0 Å². The predicted molar refractivity (Wildman–Crippen MR) is 72.5 cm³/mol. The Bertz CT molecular complexity index is 364. The van der Waals surface area contributed by atoms with Crippen LogP contribution in [0.25, 0.3) is 0 Å². The first-order valence-corrected chi connectivity index (χ1v) is 7.12. The number of hydrogen-bond donors (Lipinski definition) is 0. The molecule has 2 heterocycles. The summed E-state index contributed by atoms with van der Waals surface area (Å²) in [6, 6.07) is 0.655. The van der Waals surface area contributed by atoms with Gasteiger partial charge in [-0.15, -0.1) is 0 Å². The number of ether oxygens (including phenoxy) is 1. The fourth-order valence-electron chi connectivity index (χ4n) is 2.59. The summed E-state index contributed by atoms with van der Waals surface area (Å²) in [6.45, 7) is 10.5. The molecule has 0 N–H and O–H groups in total. The monoisotopic (exact) mass is 251 g/mol. The van der Waals surface area contributed by atoms with Gasteiger partial charge in [-0.25, -0.2) is 0 Å². The minimum Gasteiger partial charge on any atom is -0.371 e. The molecule has 2 atom stereocenters. The van der Waals surface area contributed by atoms with Gasteiger partial charge in [-0.2, -0.15) is 5.10 Å². The Kier molecular flexibility index (Phi) is 4.78. The van der Waals surface area contributed by atoms with E-state index in [0.29, 0.717) is 6.04 Å². The third-order valence-corrected chi connectivity index (χ3v) is 3.78. The Hall–Kier alpha value is -0.870.